The molecule has 0 aromatic rings. The van der Waals surface area contributed by atoms with E-state index in [1.165, 1.54) is 64.2 Å². The van der Waals surface area contributed by atoms with Crippen molar-refractivity contribution in [1.82, 2.24) is 0 Å². The first-order valence-corrected chi connectivity index (χ1v) is 12.1. The Bertz CT molecular complexity index is 179. The molecular formula is C18H41P. The zero-order valence-electron chi connectivity index (χ0n) is 14.4. The van der Waals surface area contributed by atoms with Gasteiger partial charge in [0.05, 0.1) is 0 Å². The van der Waals surface area contributed by atoms with E-state index < -0.39 is 7.26 Å². The summed E-state index contributed by atoms with van der Waals surface area (Å²) in [6, 6.07) is 0. The number of hydrogen-bond donors (Lipinski definition) is 0. The summed E-state index contributed by atoms with van der Waals surface area (Å²) >= 11 is 0. The molecule has 1 heteroatoms. The summed E-state index contributed by atoms with van der Waals surface area (Å²) in [5.41, 5.74) is 0. The molecule has 0 aliphatic rings. The summed E-state index contributed by atoms with van der Waals surface area (Å²) in [5.74, 6) is 0. The Morgan fingerprint density at radius 2 is 0.895 bits per heavy atom. The molecule has 0 unspecified atom stereocenters. The standard InChI is InChI=1S/C18H41P/c1-5-9-12-13-15-18-19(8-4,16-11-7-3)17-14-10-6-2/h19H,5-18H2,1-4H3. The Morgan fingerprint density at radius 3 is 1.42 bits per heavy atom. The van der Waals surface area contributed by atoms with Gasteiger partial charge in [0.15, 0.2) is 0 Å². The van der Waals surface area contributed by atoms with Crippen molar-refractivity contribution in [2.45, 2.75) is 91.9 Å². The first-order chi connectivity index (χ1) is 9.24. The van der Waals surface area contributed by atoms with E-state index in [9.17, 15) is 0 Å². The molecule has 0 rings (SSSR count). The molecule has 0 atom stereocenters. The molecule has 0 N–H and O–H groups in total. The molecule has 0 radical (unpaired) electrons. The fourth-order valence-electron chi connectivity index (χ4n) is 3.31. The maximum atomic E-state index is 2.50. The van der Waals surface area contributed by atoms with Crippen LogP contribution in [0, 0.1) is 0 Å². The average Bonchev–Trinajstić information content (AvgIpc) is 2.44. The predicted octanol–water partition coefficient (Wildman–Crippen LogP) is 6.72. The van der Waals surface area contributed by atoms with Gasteiger partial charge in [0.25, 0.3) is 0 Å². The Morgan fingerprint density at radius 1 is 0.474 bits per heavy atom. The zero-order valence-corrected chi connectivity index (χ0v) is 15.4. The van der Waals surface area contributed by atoms with Crippen LogP contribution in [0.3, 0.4) is 0 Å². The van der Waals surface area contributed by atoms with Gasteiger partial charge in [-0.3, -0.25) is 0 Å². The summed E-state index contributed by atoms with van der Waals surface area (Å²) in [7, 11) is -0.888. The van der Waals surface area contributed by atoms with E-state index in [4.69, 9.17) is 0 Å². The summed E-state index contributed by atoms with van der Waals surface area (Å²) < 4.78 is 0. The molecule has 118 valence electrons. The fourth-order valence-corrected chi connectivity index (χ4v) is 8.22. The Hall–Kier alpha value is 0.430. The number of unbranched alkanes of at least 4 members (excludes halogenated alkanes) is 7. The summed E-state index contributed by atoms with van der Waals surface area (Å²) in [6.45, 7) is 9.52. The van der Waals surface area contributed by atoms with Gasteiger partial charge in [-0.05, 0) is 0 Å². The first kappa shape index (κ1) is 19.4. The molecule has 0 saturated carbocycles. The SMILES string of the molecule is CCCCCCC[PH](CC)(CCCC)CCCCC. The van der Waals surface area contributed by atoms with Crippen molar-refractivity contribution in [3.05, 3.63) is 0 Å². The van der Waals surface area contributed by atoms with Gasteiger partial charge in [-0.15, -0.1) is 0 Å². The van der Waals surface area contributed by atoms with Crippen molar-refractivity contribution in [3.63, 3.8) is 0 Å². The van der Waals surface area contributed by atoms with Crippen LogP contribution in [0.2, 0.25) is 0 Å². The molecule has 0 aromatic heterocycles. The normalized spacial score (nSPS) is 12.8. The minimum atomic E-state index is -0.888. The van der Waals surface area contributed by atoms with E-state index in [0.29, 0.717) is 0 Å². The molecule has 0 amide bonds. The van der Waals surface area contributed by atoms with Gasteiger partial charge in [-0.1, -0.05) is 0 Å². The number of rotatable bonds is 14. The van der Waals surface area contributed by atoms with Gasteiger partial charge in [0, 0.05) is 0 Å². The molecule has 0 aromatic carbocycles. The van der Waals surface area contributed by atoms with Crippen LogP contribution in [-0.2, 0) is 0 Å². The van der Waals surface area contributed by atoms with Gasteiger partial charge in [-0.2, -0.15) is 0 Å². The van der Waals surface area contributed by atoms with Crippen molar-refractivity contribution in [3.8, 4) is 0 Å². The van der Waals surface area contributed by atoms with Crippen LogP contribution in [0.25, 0.3) is 0 Å². The molecule has 0 bridgehead atoms. The topological polar surface area (TPSA) is 0 Å². The van der Waals surface area contributed by atoms with Gasteiger partial charge >= 0.3 is 124 Å². The number of hydrogen-bond acceptors (Lipinski definition) is 0. The van der Waals surface area contributed by atoms with Crippen molar-refractivity contribution in [2.75, 3.05) is 24.6 Å². The average molecular weight is 288 g/mol. The Labute approximate surface area is 124 Å². The molecular weight excluding hydrogens is 247 g/mol. The van der Waals surface area contributed by atoms with Crippen LogP contribution in [0.5, 0.6) is 0 Å². The summed E-state index contributed by atoms with van der Waals surface area (Å²) in [5, 5.41) is 0. The van der Waals surface area contributed by atoms with Crippen molar-refractivity contribution >= 4 is 7.26 Å². The van der Waals surface area contributed by atoms with Crippen LogP contribution in [-0.4, -0.2) is 24.6 Å². The van der Waals surface area contributed by atoms with Gasteiger partial charge in [0.1, 0.15) is 0 Å². The Balaban J connectivity index is 4.11. The first-order valence-electron chi connectivity index (χ1n) is 9.24. The summed E-state index contributed by atoms with van der Waals surface area (Å²) in [4.78, 5) is 0. The fraction of sp³-hybridized carbons (Fsp3) is 1.00. The summed E-state index contributed by atoms with van der Waals surface area (Å²) in [6.07, 6.45) is 21.1. The van der Waals surface area contributed by atoms with Crippen LogP contribution >= 0.6 is 7.26 Å². The Kier molecular flexibility index (Phi) is 13.7. The van der Waals surface area contributed by atoms with Crippen molar-refractivity contribution in [1.29, 1.82) is 0 Å². The molecule has 0 heterocycles. The zero-order chi connectivity index (χ0) is 14.4. The molecule has 19 heavy (non-hydrogen) atoms. The second-order valence-electron chi connectivity index (χ2n) is 6.58. The second-order valence-corrected chi connectivity index (χ2v) is 11.8. The molecule has 0 saturated heterocycles. The molecule has 0 nitrogen and oxygen atoms in total. The third-order valence-electron chi connectivity index (χ3n) is 4.93. The van der Waals surface area contributed by atoms with Gasteiger partial charge in [0.2, 0.25) is 0 Å². The van der Waals surface area contributed by atoms with Crippen molar-refractivity contribution < 1.29 is 0 Å². The van der Waals surface area contributed by atoms with E-state index in [1.54, 1.807) is 24.6 Å². The molecule has 0 aliphatic heterocycles. The van der Waals surface area contributed by atoms with E-state index in [1.807, 2.05) is 0 Å². The third kappa shape index (κ3) is 9.89. The maximum absolute atomic E-state index is 2.50. The van der Waals surface area contributed by atoms with E-state index in [0.717, 1.165) is 0 Å². The van der Waals surface area contributed by atoms with Gasteiger partial charge in [-0.25, -0.2) is 0 Å². The molecule has 0 aliphatic carbocycles. The van der Waals surface area contributed by atoms with Crippen molar-refractivity contribution in [2.24, 2.45) is 0 Å². The monoisotopic (exact) mass is 288 g/mol. The molecule has 0 spiro atoms. The third-order valence-corrected chi connectivity index (χ3v) is 10.7. The van der Waals surface area contributed by atoms with E-state index >= 15 is 0 Å². The predicted molar refractivity (Wildman–Crippen MR) is 96.6 cm³/mol. The second kappa shape index (κ2) is 13.4. The van der Waals surface area contributed by atoms with E-state index in [2.05, 4.69) is 27.7 Å². The quantitative estimate of drug-likeness (QED) is 0.246. The minimum absolute atomic E-state index is 0.888. The van der Waals surface area contributed by atoms with Crippen LogP contribution in [0.15, 0.2) is 0 Å². The van der Waals surface area contributed by atoms with Crippen LogP contribution in [0.1, 0.15) is 91.9 Å². The van der Waals surface area contributed by atoms with Crippen LogP contribution < -0.4 is 0 Å². The van der Waals surface area contributed by atoms with Crippen LogP contribution in [0.4, 0.5) is 0 Å². The van der Waals surface area contributed by atoms with Gasteiger partial charge < -0.3 is 0 Å². The van der Waals surface area contributed by atoms with E-state index in [-0.39, 0.29) is 0 Å². The molecule has 0 fully saturated rings.